The number of hydrogen-bond donors (Lipinski definition) is 0. The Kier molecular flexibility index (Phi) is 6.31. The minimum atomic E-state index is -0.411. The standard InChI is InChI=1S/C26H28N2O5/c1-4-16-8-6-9-17(5-2)22(16)28-24(30)20-12-11-18(14-21(20)25(28)31)23(29)27-13-7-10-19(15-27)26(32)33-3/h6,8-9,11-12,14,19H,4-5,7,10,13,15H2,1-3H3. The van der Waals surface area contributed by atoms with E-state index in [-0.39, 0.29) is 35.8 Å². The van der Waals surface area contributed by atoms with Gasteiger partial charge in [0.25, 0.3) is 17.7 Å². The van der Waals surface area contributed by atoms with Crippen LogP contribution in [-0.4, -0.2) is 48.8 Å². The van der Waals surface area contributed by atoms with E-state index in [0.717, 1.165) is 11.1 Å². The molecule has 2 aromatic rings. The largest absolute Gasteiger partial charge is 0.469 e. The summed E-state index contributed by atoms with van der Waals surface area (Å²) >= 11 is 0. The van der Waals surface area contributed by atoms with Gasteiger partial charge in [-0.3, -0.25) is 19.2 Å². The number of aryl methyl sites for hydroxylation is 2. The number of fused-ring (bicyclic) bond motifs is 1. The maximum Gasteiger partial charge on any atom is 0.310 e. The highest BCUT2D eigenvalue weighted by Crippen LogP contribution is 2.35. The van der Waals surface area contributed by atoms with Crippen LogP contribution in [0, 0.1) is 5.92 Å². The van der Waals surface area contributed by atoms with Crippen molar-refractivity contribution in [1.82, 2.24) is 4.90 Å². The topological polar surface area (TPSA) is 84.0 Å². The number of ether oxygens (including phenoxy) is 1. The van der Waals surface area contributed by atoms with Gasteiger partial charge in [-0.25, -0.2) is 4.90 Å². The lowest BCUT2D eigenvalue weighted by molar-refractivity contribution is -0.146. The molecule has 2 aromatic carbocycles. The summed E-state index contributed by atoms with van der Waals surface area (Å²) in [5, 5.41) is 0. The van der Waals surface area contributed by atoms with Gasteiger partial charge in [0, 0.05) is 18.7 Å². The number of para-hydroxylation sites is 1. The predicted molar refractivity (Wildman–Crippen MR) is 123 cm³/mol. The minimum Gasteiger partial charge on any atom is -0.469 e. The third-order valence-electron chi connectivity index (χ3n) is 6.57. The zero-order chi connectivity index (χ0) is 23.7. The SMILES string of the molecule is CCc1cccc(CC)c1N1C(=O)c2ccc(C(=O)N3CCCC(C(=O)OC)C3)cc2C1=O. The average Bonchev–Trinajstić information content (AvgIpc) is 3.11. The number of amides is 3. The number of esters is 1. The lowest BCUT2D eigenvalue weighted by Gasteiger charge is -2.31. The molecule has 0 aromatic heterocycles. The molecule has 3 amide bonds. The number of carbonyl (C=O) groups is 4. The third-order valence-corrected chi connectivity index (χ3v) is 6.57. The number of rotatable bonds is 5. The molecule has 1 fully saturated rings. The Hall–Kier alpha value is -3.48. The van der Waals surface area contributed by atoms with Crippen molar-refractivity contribution in [3.63, 3.8) is 0 Å². The van der Waals surface area contributed by atoms with Crippen molar-refractivity contribution in [1.29, 1.82) is 0 Å². The van der Waals surface area contributed by atoms with Gasteiger partial charge < -0.3 is 9.64 Å². The van der Waals surface area contributed by atoms with Gasteiger partial charge in [-0.05, 0) is 55.0 Å². The van der Waals surface area contributed by atoms with Gasteiger partial charge in [-0.2, -0.15) is 0 Å². The zero-order valence-electron chi connectivity index (χ0n) is 19.2. The first kappa shape index (κ1) is 22.7. The van der Waals surface area contributed by atoms with Crippen LogP contribution in [0.5, 0.6) is 0 Å². The Balaban J connectivity index is 1.65. The molecule has 7 nitrogen and oxygen atoms in total. The Morgan fingerprint density at radius 1 is 1.00 bits per heavy atom. The van der Waals surface area contributed by atoms with Gasteiger partial charge >= 0.3 is 5.97 Å². The Morgan fingerprint density at radius 2 is 1.67 bits per heavy atom. The fourth-order valence-electron chi connectivity index (χ4n) is 4.78. The summed E-state index contributed by atoms with van der Waals surface area (Å²) in [6.45, 7) is 4.80. The molecule has 1 unspecified atom stereocenters. The molecule has 0 aliphatic carbocycles. The van der Waals surface area contributed by atoms with E-state index in [1.807, 2.05) is 32.0 Å². The molecule has 0 bridgehead atoms. The summed E-state index contributed by atoms with van der Waals surface area (Å²) in [5.41, 5.74) is 3.39. The van der Waals surface area contributed by atoms with Crippen molar-refractivity contribution >= 4 is 29.4 Å². The first-order valence-corrected chi connectivity index (χ1v) is 11.4. The van der Waals surface area contributed by atoms with Gasteiger partial charge in [0.2, 0.25) is 0 Å². The summed E-state index contributed by atoms with van der Waals surface area (Å²) in [5.74, 6) is -1.70. The second-order valence-corrected chi connectivity index (χ2v) is 8.45. The zero-order valence-corrected chi connectivity index (χ0v) is 19.2. The van der Waals surface area contributed by atoms with Crippen LogP contribution in [0.4, 0.5) is 5.69 Å². The van der Waals surface area contributed by atoms with E-state index < -0.39 is 5.91 Å². The van der Waals surface area contributed by atoms with Gasteiger partial charge in [-0.1, -0.05) is 32.0 Å². The number of methoxy groups -OCH3 is 1. The third kappa shape index (κ3) is 3.92. The van der Waals surface area contributed by atoms with Crippen molar-refractivity contribution < 1.29 is 23.9 Å². The lowest BCUT2D eigenvalue weighted by Crippen LogP contribution is -2.42. The van der Waals surface area contributed by atoms with E-state index in [1.54, 1.807) is 17.0 Å². The molecule has 0 spiro atoms. The predicted octanol–water partition coefficient (Wildman–Crippen LogP) is 3.64. The summed E-state index contributed by atoms with van der Waals surface area (Å²) in [6.07, 6.45) is 2.77. The van der Waals surface area contributed by atoms with E-state index >= 15 is 0 Å². The molecule has 1 atom stereocenters. The van der Waals surface area contributed by atoms with Gasteiger partial charge in [0.15, 0.2) is 0 Å². The number of likely N-dealkylation sites (tertiary alicyclic amines) is 1. The Labute approximate surface area is 193 Å². The van der Waals surface area contributed by atoms with Crippen molar-refractivity contribution in [2.75, 3.05) is 25.1 Å². The molecule has 0 N–H and O–H groups in total. The second-order valence-electron chi connectivity index (χ2n) is 8.45. The molecule has 7 heteroatoms. The molecule has 172 valence electrons. The number of imide groups is 1. The van der Waals surface area contributed by atoms with Crippen LogP contribution in [0.2, 0.25) is 0 Å². The molecule has 4 rings (SSSR count). The fourth-order valence-corrected chi connectivity index (χ4v) is 4.78. The molecular formula is C26H28N2O5. The molecule has 33 heavy (non-hydrogen) atoms. The van der Waals surface area contributed by atoms with Crippen LogP contribution in [0.3, 0.4) is 0 Å². The Bertz CT molecular complexity index is 1120. The van der Waals surface area contributed by atoms with Crippen LogP contribution in [0.1, 0.15) is 68.9 Å². The molecule has 0 radical (unpaired) electrons. The number of piperidine rings is 1. The van der Waals surface area contributed by atoms with Crippen LogP contribution in [-0.2, 0) is 22.4 Å². The van der Waals surface area contributed by atoms with E-state index in [4.69, 9.17) is 4.74 Å². The highest BCUT2D eigenvalue weighted by molar-refractivity contribution is 6.35. The minimum absolute atomic E-state index is 0.236. The van der Waals surface area contributed by atoms with Crippen molar-refractivity contribution in [3.8, 4) is 0 Å². The molecule has 0 saturated carbocycles. The van der Waals surface area contributed by atoms with Gasteiger partial charge in [0.05, 0.1) is 29.8 Å². The van der Waals surface area contributed by atoms with Crippen molar-refractivity contribution in [3.05, 3.63) is 64.2 Å². The number of nitrogens with zero attached hydrogens (tertiary/aromatic N) is 2. The molecule has 1 saturated heterocycles. The van der Waals surface area contributed by atoms with E-state index in [1.165, 1.54) is 18.1 Å². The van der Waals surface area contributed by atoms with Crippen LogP contribution >= 0.6 is 0 Å². The van der Waals surface area contributed by atoms with Crippen molar-refractivity contribution in [2.24, 2.45) is 5.92 Å². The monoisotopic (exact) mass is 448 g/mol. The van der Waals surface area contributed by atoms with Crippen LogP contribution in [0.25, 0.3) is 0 Å². The van der Waals surface area contributed by atoms with E-state index in [2.05, 4.69) is 0 Å². The second kappa shape index (κ2) is 9.17. The van der Waals surface area contributed by atoms with E-state index in [0.29, 0.717) is 49.0 Å². The maximum absolute atomic E-state index is 13.4. The maximum atomic E-state index is 13.4. The average molecular weight is 449 g/mol. The summed E-state index contributed by atoms with van der Waals surface area (Å²) in [6, 6.07) is 10.5. The molecule has 2 aliphatic rings. The highest BCUT2D eigenvalue weighted by atomic mass is 16.5. The molecule has 2 aliphatic heterocycles. The Morgan fingerprint density at radius 3 is 2.30 bits per heavy atom. The smallest absolute Gasteiger partial charge is 0.310 e. The lowest BCUT2D eigenvalue weighted by atomic mass is 9.97. The van der Waals surface area contributed by atoms with E-state index in [9.17, 15) is 19.2 Å². The quantitative estimate of drug-likeness (QED) is 0.515. The van der Waals surface area contributed by atoms with Crippen LogP contribution in [0.15, 0.2) is 36.4 Å². The highest BCUT2D eigenvalue weighted by Gasteiger charge is 2.39. The van der Waals surface area contributed by atoms with Crippen LogP contribution < -0.4 is 4.90 Å². The fraction of sp³-hybridized carbons (Fsp3) is 0.385. The number of hydrogen-bond acceptors (Lipinski definition) is 5. The normalized spacial score (nSPS) is 17.8. The molecular weight excluding hydrogens is 420 g/mol. The summed E-state index contributed by atoms with van der Waals surface area (Å²) in [7, 11) is 1.35. The summed E-state index contributed by atoms with van der Waals surface area (Å²) < 4.78 is 4.84. The number of anilines is 1. The van der Waals surface area contributed by atoms with Crippen molar-refractivity contribution in [2.45, 2.75) is 39.5 Å². The molecule has 2 heterocycles. The number of carbonyl (C=O) groups excluding carboxylic acids is 4. The van der Waals surface area contributed by atoms with Gasteiger partial charge in [-0.15, -0.1) is 0 Å². The first-order chi connectivity index (χ1) is 15.9. The first-order valence-electron chi connectivity index (χ1n) is 11.4. The van der Waals surface area contributed by atoms with Gasteiger partial charge in [0.1, 0.15) is 0 Å². The summed E-state index contributed by atoms with van der Waals surface area (Å²) in [4.78, 5) is 54.6. The number of benzene rings is 2.